The summed E-state index contributed by atoms with van der Waals surface area (Å²) in [5.41, 5.74) is 5.53. The topological polar surface area (TPSA) is 50.8 Å². The molecule has 0 radical (unpaired) electrons. The van der Waals surface area contributed by atoms with Crippen LogP contribution < -0.4 is 5.43 Å². The van der Waals surface area contributed by atoms with Gasteiger partial charge in [-0.25, -0.2) is 9.63 Å². The van der Waals surface area contributed by atoms with Crippen molar-refractivity contribution >= 4 is 36.8 Å². The molecule has 2 atom stereocenters. The molecule has 1 aromatic carbocycles. The predicted octanol–water partition coefficient (Wildman–Crippen LogP) is 4.05. The number of rotatable bonds is 12. The number of hydrogen-bond donors (Lipinski definition) is 1. The highest BCUT2D eigenvalue weighted by atomic mass is 32.2. The Balaban J connectivity index is 0.00000364. The fourth-order valence-corrected chi connectivity index (χ4v) is 3.84. The van der Waals surface area contributed by atoms with Gasteiger partial charge in [0.1, 0.15) is 0 Å². The first-order valence-corrected chi connectivity index (χ1v) is 10.8. The first kappa shape index (κ1) is 24.4. The van der Waals surface area contributed by atoms with E-state index < -0.39 is 11.1 Å². The van der Waals surface area contributed by atoms with E-state index in [2.05, 4.69) is 24.5 Å². The van der Waals surface area contributed by atoms with Crippen LogP contribution >= 0.6 is 25.7 Å². The van der Waals surface area contributed by atoms with E-state index >= 15 is 0 Å². The third kappa shape index (κ3) is 11.1. The Morgan fingerprint density at radius 3 is 2.78 bits per heavy atom. The molecule has 1 aromatic rings. The minimum absolute atomic E-state index is 0. The predicted molar refractivity (Wildman–Crippen MR) is 120 cm³/mol. The maximum absolute atomic E-state index is 12.0. The highest BCUT2D eigenvalue weighted by Crippen LogP contribution is 2.13. The molecule has 1 aliphatic carbocycles. The number of hydrogen-bond acceptors (Lipinski definition) is 6. The summed E-state index contributed by atoms with van der Waals surface area (Å²) in [6.45, 7) is 3.08. The van der Waals surface area contributed by atoms with Crippen molar-refractivity contribution in [2.75, 3.05) is 19.4 Å². The summed E-state index contributed by atoms with van der Waals surface area (Å²) in [4.78, 5) is 0. The molecule has 1 N–H and O–H groups in total. The molecule has 8 heteroatoms. The molecule has 0 heterocycles. The van der Waals surface area contributed by atoms with E-state index in [9.17, 15) is 4.21 Å². The van der Waals surface area contributed by atoms with Crippen molar-refractivity contribution in [3.63, 3.8) is 0 Å². The van der Waals surface area contributed by atoms with Gasteiger partial charge in [0.25, 0.3) is 0 Å². The van der Waals surface area contributed by atoms with Gasteiger partial charge in [-0.3, -0.25) is 8.37 Å². The summed E-state index contributed by atoms with van der Waals surface area (Å²) in [6.07, 6.45) is 9.15. The Hall–Kier alpha value is -0.610. The minimum Gasteiger partial charge on any atom is -0.295 e. The van der Waals surface area contributed by atoms with Gasteiger partial charge in [-0.2, -0.15) is 17.9 Å². The van der Waals surface area contributed by atoms with E-state index in [0.717, 1.165) is 30.4 Å². The van der Waals surface area contributed by atoms with Gasteiger partial charge in [-0.1, -0.05) is 48.6 Å². The van der Waals surface area contributed by atoms with Crippen molar-refractivity contribution < 1.29 is 12.6 Å². The van der Waals surface area contributed by atoms with Crippen LogP contribution in [0.4, 0.5) is 0 Å². The second-order valence-electron chi connectivity index (χ2n) is 6.17. The third-order valence-electron chi connectivity index (χ3n) is 3.76. The van der Waals surface area contributed by atoms with Gasteiger partial charge in [-0.05, 0) is 37.3 Å². The number of benzene rings is 1. The molecule has 0 aromatic heterocycles. The minimum atomic E-state index is -1.26. The lowest BCUT2D eigenvalue weighted by atomic mass is 10.1. The van der Waals surface area contributed by atoms with E-state index in [-0.39, 0.29) is 19.5 Å². The Morgan fingerprint density at radius 1 is 1.30 bits per heavy atom. The van der Waals surface area contributed by atoms with Crippen LogP contribution in [-0.4, -0.2) is 34.1 Å². The van der Waals surface area contributed by atoms with Crippen LogP contribution in [0.1, 0.15) is 31.7 Å². The van der Waals surface area contributed by atoms with E-state index in [1.165, 1.54) is 12.2 Å². The summed E-state index contributed by atoms with van der Waals surface area (Å²) < 4.78 is 24.8. The summed E-state index contributed by atoms with van der Waals surface area (Å²) in [5, 5.41) is 0. The van der Waals surface area contributed by atoms with E-state index in [1.807, 2.05) is 47.9 Å². The normalized spacial score (nSPS) is 15.9. The molecule has 0 saturated heterocycles. The summed E-state index contributed by atoms with van der Waals surface area (Å²) in [5.74, 6) is 0.474. The average molecular weight is 431 g/mol. The molecular formula is C19H30N2O3S3. The van der Waals surface area contributed by atoms with Gasteiger partial charge in [0, 0.05) is 13.1 Å². The number of allylic oxidation sites excluding steroid dienone is 3. The van der Waals surface area contributed by atoms with Crippen LogP contribution in [0.2, 0.25) is 0 Å². The van der Waals surface area contributed by atoms with Gasteiger partial charge < -0.3 is 0 Å². The van der Waals surface area contributed by atoms with Crippen molar-refractivity contribution in [3.05, 3.63) is 59.7 Å². The standard InChI is InChI=1S/C19H28N2O3S2.H2S/c1-17(13-14-24-26(22)16-19-11-7-4-8-12-19)20-21(2)25-23-15-18-9-5-3-6-10-18;/h3,5-7,9-12,17,20H,4,8,13-16H2,1-2H3;1H2. The number of nitrogens with one attached hydrogen (secondary N) is 1. The zero-order valence-electron chi connectivity index (χ0n) is 15.9. The molecule has 152 valence electrons. The Morgan fingerprint density at radius 2 is 2.07 bits per heavy atom. The van der Waals surface area contributed by atoms with Crippen molar-refractivity contribution in [1.29, 1.82) is 0 Å². The van der Waals surface area contributed by atoms with Crippen molar-refractivity contribution in [3.8, 4) is 0 Å². The molecular weight excluding hydrogens is 400 g/mol. The highest BCUT2D eigenvalue weighted by Gasteiger charge is 2.09. The maximum atomic E-state index is 12.0. The van der Waals surface area contributed by atoms with E-state index in [4.69, 9.17) is 8.37 Å². The fourth-order valence-electron chi connectivity index (χ4n) is 2.41. The lowest BCUT2D eigenvalue weighted by molar-refractivity contribution is 0.258. The summed E-state index contributed by atoms with van der Waals surface area (Å²) in [7, 11) is 1.91. The van der Waals surface area contributed by atoms with Gasteiger partial charge in [0.2, 0.25) is 0 Å². The Kier molecular flexibility index (Phi) is 13.0. The molecule has 2 unspecified atom stereocenters. The van der Waals surface area contributed by atoms with Crippen molar-refractivity contribution in [2.45, 2.75) is 38.8 Å². The lowest BCUT2D eigenvalue weighted by Gasteiger charge is -2.21. The van der Waals surface area contributed by atoms with Gasteiger partial charge in [-0.15, -0.1) is 0 Å². The lowest BCUT2D eigenvalue weighted by Crippen LogP contribution is -2.37. The monoisotopic (exact) mass is 430 g/mol. The first-order valence-electron chi connectivity index (χ1n) is 8.84. The molecule has 0 aliphatic heterocycles. The van der Waals surface area contributed by atoms with Gasteiger partial charge in [0.05, 0.1) is 31.2 Å². The van der Waals surface area contributed by atoms with Crippen LogP contribution in [0.25, 0.3) is 0 Å². The summed E-state index contributed by atoms with van der Waals surface area (Å²) in [6, 6.07) is 10.2. The Labute approximate surface area is 177 Å². The molecule has 0 fully saturated rings. The number of hydrazine groups is 1. The zero-order valence-corrected chi connectivity index (χ0v) is 18.6. The second-order valence-corrected chi connectivity index (χ2v) is 8.23. The molecule has 0 saturated carbocycles. The third-order valence-corrected chi connectivity index (χ3v) is 5.31. The second kappa shape index (κ2) is 14.4. The van der Waals surface area contributed by atoms with Gasteiger partial charge >= 0.3 is 0 Å². The number of nitrogens with zero attached hydrogens (tertiary/aromatic N) is 1. The highest BCUT2D eigenvalue weighted by molar-refractivity contribution is 7.92. The van der Waals surface area contributed by atoms with E-state index in [0.29, 0.717) is 19.0 Å². The smallest absolute Gasteiger partial charge is 0.159 e. The Bertz CT molecular complexity index is 611. The van der Waals surface area contributed by atoms with Crippen LogP contribution in [-0.2, 0) is 26.1 Å². The maximum Gasteiger partial charge on any atom is 0.159 e. The molecule has 0 spiro atoms. The zero-order chi connectivity index (χ0) is 18.6. The molecule has 1 aliphatic rings. The quantitative estimate of drug-likeness (QED) is 0.307. The molecule has 27 heavy (non-hydrogen) atoms. The average Bonchev–Trinajstić information content (AvgIpc) is 2.63. The largest absolute Gasteiger partial charge is 0.295 e. The summed E-state index contributed by atoms with van der Waals surface area (Å²) >= 11 is 0.00540. The van der Waals surface area contributed by atoms with Crippen LogP contribution in [0.15, 0.2) is 54.1 Å². The SMILES string of the molecule is CC(CCOS(=O)CC1=CCCC=C1)NN(C)SOCc1ccccc1.S. The molecule has 0 bridgehead atoms. The van der Waals surface area contributed by atoms with Crippen LogP contribution in [0, 0.1) is 0 Å². The van der Waals surface area contributed by atoms with Crippen molar-refractivity contribution in [1.82, 2.24) is 9.84 Å². The molecule has 5 nitrogen and oxygen atoms in total. The van der Waals surface area contributed by atoms with Crippen LogP contribution in [0.3, 0.4) is 0 Å². The van der Waals surface area contributed by atoms with E-state index in [1.54, 1.807) is 0 Å². The van der Waals surface area contributed by atoms with Gasteiger partial charge in [0.15, 0.2) is 11.1 Å². The fraction of sp³-hybridized carbons (Fsp3) is 0.474. The first-order chi connectivity index (χ1) is 12.6. The van der Waals surface area contributed by atoms with Crippen LogP contribution in [0.5, 0.6) is 0 Å². The molecule has 0 amide bonds. The molecule has 2 rings (SSSR count). The van der Waals surface area contributed by atoms with Crippen molar-refractivity contribution in [2.24, 2.45) is 0 Å².